The maximum absolute atomic E-state index is 13.4. The minimum atomic E-state index is -1.69. The van der Waals surface area contributed by atoms with Crippen molar-refractivity contribution < 1.29 is 14.3 Å². The van der Waals surface area contributed by atoms with Crippen molar-refractivity contribution in [1.82, 2.24) is 30.3 Å². The van der Waals surface area contributed by atoms with Gasteiger partial charge in [-0.1, -0.05) is 43.9 Å². The fourth-order valence-corrected chi connectivity index (χ4v) is 6.67. The summed E-state index contributed by atoms with van der Waals surface area (Å²) in [7, 11) is -1.69. The zero-order valence-electron chi connectivity index (χ0n) is 22.6. The first kappa shape index (κ1) is 26.2. The Balaban J connectivity index is 1.21. The number of ketones is 1. The molecule has 2 atom stereocenters. The van der Waals surface area contributed by atoms with Gasteiger partial charge in [0.2, 0.25) is 5.95 Å². The lowest BCUT2D eigenvalue weighted by Gasteiger charge is -2.24. The smallest absolute Gasteiger partial charge is 0.260 e. The van der Waals surface area contributed by atoms with Crippen molar-refractivity contribution in [3.63, 3.8) is 0 Å². The maximum atomic E-state index is 13.4. The van der Waals surface area contributed by atoms with Gasteiger partial charge in [-0.25, -0.2) is 9.97 Å². The second kappa shape index (κ2) is 10.4. The summed E-state index contributed by atoms with van der Waals surface area (Å²) in [5.74, 6) is -0.110. The van der Waals surface area contributed by atoms with Gasteiger partial charge < -0.3 is 15.0 Å². The van der Waals surface area contributed by atoms with Gasteiger partial charge in [0.05, 0.1) is 29.4 Å². The summed E-state index contributed by atoms with van der Waals surface area (Å²) in [4.78, 5) is 36.7. The topological polar surface area (TPSA) is 126 Å². The van der Waals surface area contributed by atoms with E-state index in [4.69, 9.17) is 9.72 Å². The summed E-state index contributed by atoms with van der Waals surface area (Å²) in [5, 5.41) is 15.8. The molecule has 1 aliphatic carbocycles. The zero-order chi connectivity index (χ0) is 27.0. The number of carbonyl (C=O) groups excluding carboxylic acids is 2. The third-order valence-electron chi connectivity index (χ3n) is 7.13. The SMILES string of the molecule is CC(=O)[C@H](O[C@@H](C)Cc1n[nH]nc1[Si](C)(C)C)C(=O)N1Cc2cnc(NC3Cc4ccccc4C3)nc2C1. The van der Waals surface area contributed by atoms with Gasteiger partial charge in [-0.2, -0.15) is 15.4 Å². The minimum Gasteiger partial charge on any atom is -0.357 e. The number of ether oxygens (including phenoxy) is 1. The number of aromatic nitrogens is 5. The maximum Gasteiger partial charge on any atom is 0.260 e. The van der Waals surface area contributed by atoms with E-state index in [1.165, 1.54) is 18.1 Å². The number of carbonyl (C=O) groups is 2. The van der Waals surface area contributed by atoms with Crippen LogP contribution in [0.5, 0.6) is 0 Å². The number of fused-ring (bicyclic) bond motifs is 2. The third-order valence-corrected chi connectivity index (χ3v) is 8.95. The molecule has 0 bridgehead atoms. The molecule has 38 heavy (non-hydrogen) atoms. The first-order valence-corrected chi connectivity index (χ1v) is 16.6. The highest BCUT2D eigenvalue weighted by molar-refractivity contribution is 6.88. The van der Waals surface area contributed by atoms with E-state index in [-0.39, 0.29) is 23.8 Å². The molecule has 5 rings (SSSR count). The summed E-state index contributed by atoms with van der Waals surface area (Å²) in [5.41, 5.74) is 5.22. The summed E-state index contributed by atoms with van der Waals surface area (Å²) < 4.78 is 6.01. The van der Waals surface area contributed by atoms with Crippen LogP contribution in [0, 0.1) is 0 Å². The Bertz CT molecular complexity index is 1330. The Kier molecular flexibility index (Phi) is 7.15. The largest absolute Gasteiger partial charge is 0.357 e. The molecule has 11 heteroatoms. The van der Waals surface area contributed by atoms with E-state index >= 15 is 0 Å². The summed E-state index contributed by atoms with van der Waals surface area (Å²) in [6, 6.07) is 8.70. The average molecular weight is 534 g/mol. The Hall–Kier alpha value is -3.44. The molecular weight excluding hydrogens is 498 g/mol. The van der Waals surface area contributed by atoms with Crippen LogP contribution in [0.15, 0.2) is 30.5 Å². The number of hydrogen-bond acceptors (Lipinski definition) is 8. The number of nitrogens with zero attached hydrogens (tertiary/aromatic N) is 5. The van der Waals surface area contributed by atoms with Crippen molar-refractivity contribution in [3.8, 4) is 0 Å². The number of hydrogen-bond donors (Lipinski definition) is 2. The van der Waals surface area contributed by atoms with Crippen molar-refractivity contribution in [2.75, 3.05) is 5.32 Å². The molecule has 0 saturated heterocycles. The van der Waals surface area contributed by atoms with E-state index in [2.05, 4.69) is 69.6 Å². The number of anilines is 1. The number of benzene rings is 1. The van der Waals surface area contributed by atoms with Crippen molar-refractivity contribution in [2.45, 2.75) is 84.1 Å². The molecule has 1 aliphatic heterocycles. The molecule has 0 unspecified atom stereocenters. The standard InChI is InChI=1S/C27H35N7O3Si/c1-16(10-22-25(32-33-31-22)38(3,4)5)37-24(17(2)35)26(36)34-14-20-13-28-27(30-23(20)15-34)29-21-11-18-8-6-7-9-19(18)12-21/h6-9,13,16,21,24H,10-12,14-15H2,1-5H3,(H,28,29,30)(H,31,32,33)/t16-,24-/m0/s1. The third kappa shape index (κ3) is 5.53. The Labute approximate surface area is 223 Å². The number of Topliss-reactive ketones (excluding diaryl/α,β-unsaturated/α-hetero) is 1. The van der Waals surface area contributed by atoms with Gasteiger partial charge in [-0.15, -0.1) is 0 Å². The fourth-order valence-electron chi connectivity index (χ4n) is 5.26. The van der Waals surface area contributed by atoms with Crippen molar-refractivity contribution in [1.29, 1.82) is 0 Å². The van der Waals surface area contributed by atoms with Gasteiger partial charge in [0, 0.05) is 30.8 Å². The van der Waals surface area contributed by atoms with E-state index in [0.717, 1.165) is 35.1 Å². The molecule has 0 fully saturated rings. The second-order valence-corrected chi connectivity index (χ2v) is 16.4. The lowest BCUT2D eigenvalue weighted by atomic mass is 10.1. The lowest BCUT2D eigenvalue weighted by molar-refractivity contribution is -0.154. The first-order valence-electron chi connectivity index (χ1n) is 13.1. The second-order valence-electron chi connectivity index (χ2n) is 11.4. The van der Waals surface area contributed by atoms with Gasteiger partial charge in [-0.3, -0.25) is 9.59 Å². The van der Waals surface area contributed by atoms with Crippen LogP contribution in [0.2, 0.25) is 19.6 Å². The van der Waals surface area contributed by atoms with E-state index in [9.17, 15) is 9.59 Å². The molecule has 1 aromatic carbocycles. The molecule has 2 N–H and O–H groups in total. The average Bonchev–Trinajstić information content (AvgIpc) is 3.59. The molecule has 1 amide bonds. The van der Waals surface area contributed by atoms with Crippen LogP contribution < -0.4 is 10.6 Å². The highest BCUT2D eigenvalue weighted by atomic mass is 28.3. The lowest BCUT2D eigenvalue weighted by Crippen LogP contribution is -2.44. The van der Waals surface area contributed by atoms with Crippen LogP contribution in [0.1, 0.15) is 41.9 Å². The number of amides is 1. The van der Waals surface area contributed by atoms with Gasteiger partial charge in [-0.05, 0) is 37.8 Å². The monoisotopic (exact) mass is 533 g/mol. The number of rotatable bonds is 9. The van der Waals surface area contributed by atoms with E-state index in [1.807, 2.05) is 6.92 Å². The van der Waals surface area contributed by atoms with Crippen LogP contribution in [-0.4, -0.2) is 68.3 Å². The van der Waals surface area contributed by atoms with E-state index in [1.54, 1.807) is 11.1 Å². The quantitative estimate of drug-likeness (QED) is 0.317. The molecule has 3 heterocycles. The number of H-pyrrole nitrogens is 1. The molecule has 3 aromatic rings. The van der Waals surface area contributed by atoms with E-state index < -0.39 is 14.2 Å². The minimum absolute atomic E-state index is 0.243. The van der Waals surface area contributed by atoms with Crippen molar-refractivity contribution in [2.24, 2.45) is 0 Å². The van der Waals surface area contributed by atoms with Crippen molar-refractivity contribution >= 4 is 31.0 Å². The normalized spacial score (nSPS) is 16.7. The summed E-state index contributed by atoms with van der Waals surface area (Å²) >= 11 is 0. The Morgan fingerprint density at radius 3 is 2.50 bits per heavy atom. The van der Waals surface area contributed by atoms with E-state index in [0.29, 0.717) is 25.5 Å². The molecule has 2 aromatic heterocycles. The van der Waals surface area contributed by atoms with Crippen LogP contribution in [0.4, 0.5) is 5.95 Å². The van der Waals surface area contributed by atoms with Crippen LogP contribution in [0.3, 0.4) is 0 Å². The Morgan fingerprint density at radius 1 is 1.13 bits per heavy atom. The fraction of sp³-hybridized carbons (Fsp3) is 0.481. The van der Waals surface area contributed by atoms with Gasteiger partial charge in [0.25, 0.3) is 5.91 Å². The predicted octanol–water partition coefficient (Wildman–Crippen LogP) is 2.17. The molecule has 0 radical (unpaired) electrons. The highest BCUT2D eigenvalue weighted by Crippen LogP contribution is 2.26. The zero-order valence-corrected chi connectivity index (χ0v) is 23.6. The molecule has 0 saturated carbocycles. The summed E-state index contributed by atoms with van der Waals surface area (Å²) in [6.07, 6.45) is 2.55. The molecule has 0 spiro atoms. The summed E-state index contributed by atoms with van der Waals surface area (Å²) in [6.45, 7) is 10.5. The van der Waals surface area contributed by atoms with Crippen LogP contribution >= 0.6 is 0 Å². The van der Waals surface area contributed by atoms with Gasteiger partial charge in [0.15, 0.2) is 11.9 Å². The first-order chi connectivity index (χ1) is 18.1. The highest BCUT2D eigenvalue weighted by Gasteiger charge is 2.35. The van der Waals surface area contributed by atoms with Gasteiger partial charge in [0.1, 0.15) is 8.07 Å². The van der Waals surface area contributed by atoms with Crippen LogP contribution in [-0.2, 0) is 46.7 Å². The van der Waals surface area contributed by atoms with Gasteiger partial charge >= 0.3 is 0 Å². The molecule has 2 aliphatic rings. The molecule has 10 nitrogen and oxygen atoms in total. The number of nitrogens with one attached hydrogen (secondary N) is 2. The Morgan fingerprint density at radius 2 is 1.84 bits per heavy atom. The van der Waals surface area contributed by atoms with Crippen LogP contribution in [0.25, 0.3) is 0 Å². The van der Waals surface area contributed by atoms with Crippen molar-refractivity contribution in [3.05, 3.63) is 58.5 Å². The number of aromatic amines is 1. The molecular formula is C27H35N7O3Si. The predicted molar refractivity (Wildman–Crippen MR) is 146 cm³/mol. The molecule has 200 valence electrons.